The van der Waals surface area contributed by atoms with Crippen molar-refractivity contribution in [1.29, 1.82) is 0 Å². The molecule has 5 heteroatoms. The Morgan fingerprint density at radius 2 is 2.16 bits per heavy atom. The molecule has 1 aromatic rings. The number of methoxy groups -OCH3 is 1. The van der Waals surface area contributed by atoms with E-state index in [1.807, 2.05) is 0 Å². The van der Waals surface area contributed by atoms with Crippen LogP contribution in [0.25, 0.3) is 0 Å². The van der Waals surface area contributed by atoms with Gasteiger partial charge in [0.1, 0.15) is 0 Å². The normalized spacial score (nSPS) is 28.4. The Morgan fingerprint density at radius 1 is 1.37 bits per heavy atom. The van der Waals surface area contributed by atoms with Gasteiger partial charge < -0.3 is 9.26 Å². The molecule has 2 fully saturated rings. The third-order valence-corrected chi connectivity index (χ3v) is 4.30. The first-order chi connectivity index (χ1) is 9.19. The maximum Gasteiger partial charge on any atom is 0.231 e. The van der Waals surface area contributed by atoms with Gasteiger partial charge in [0.2, 0.25) is 5.89 Å². The van der Waals surface area contributed by atoms with Crippen molar-refractivity contribution in [2.75, 3.05) is 26.8 Å². The smallest absolute Gasteiger partial charge is 0.231 e. The standard InChI is InChI=1S/C14H23N3O2/c1-9(2)17-6-11(8-18-3)12(7-17)14-15-13(16-19-14)10-4-5-10/h9-12H,4-8H2,1-3H3. The van der Waals surface area contributed by atoms with Gasteiger partial charge in [-0.25, -0.2) is 0 Å². The monoisotopic (exact) mass is 265 g/mol. The molecule has 0 bridgehead atoms. The fraction of sp³-hybridized carbons (Fsp3) is 0.857. The molecule has 0 aromatic carbocycles. The third kappa shape index (κ3) is 2.67. The summed E-state index contributed by atoms with van der Waals surface area (Å²) in [7, 11) is 1.76. The van der Waals surface area contributed by atoms with Gasteiger partial charge in [-0.3, -0.25) is 4.90 Å². The van der Waals surface area contributed by atoms with Gasteiger partial charge in [-0.2, -0.15) is 4.98 Å². The number of hydrogen-bond donors (Lipinski definition) is 0. The van der Waals surface area contributed by atoms with E-state index in [0.717, 1.165) is 31.4 Å². The Labute approximate surface area is 114 Å². The average molecular weight is 265 g/mol. The summed E-state index contributed by atoms with van der Waals surface area (Å²) in [5.74, 6) is 3.06. The lowest BCUT2D eigenvalue weighted by Crippen LogP contribution is -2.28. The summed E-state index contributed by atoms with van der Waals surface area (Å²) in [6.45, 7) is 7.27. The topological polar surface area (TPSA) is 51.4 Å². The van der Waals surface area contributed by atoms with Crippen molar-refractivity contribution in [3.8, 4) is 0 Å². The SMILES string of the molecule is COCC1CN(C(C)C)CC1c1nc(C2CC2)no1. The molecule has 1 saturated carbocycles. The largest absolute Gasteiger partial charge is 0.384 e. The van der Waals surface area contributed by atoms with Crippen molar-refractivity contribution in [3.63, 3.8) is 0 Å². The van der Waals surface area contributed by atoms with E-state index in [4.69, 9.17) is 9.26 Å². The van der Waals surface area contributed by atoms with E-state index in [0.29, 0.717) is 23.8 Å². The highest BCUT2D eigenvalue weighted by Gasteiger charge is 2.39. The van der Waals surface area contributed by atoms with Crippen molar-refractivity contribution in [2.45, 2.75) is 44.6 Å². The number of hydrogen-bond acceptors (Lipinski definition) is 5. The molecule has 0 spiro atoms. The van der Waals surface area contributed by atoms with Gasteiger partial charge in [0, 0.05) is 38.1 Å². The molecule has 2 heterocycles. The Morgan fingerprint density at radius 3 is 2.79 bits per heavy atom. The van der Waals surface area contributed by atoms with Gasteiger partial charge in [-0.05, 0) is 26.7 Å². The molecule has 1 aromatic heterocycles. The second kappa shape index (κ2) is 5.21. The molecule has 19 heavy (non-hydrogen) atoms. The minimum absolute atomic E-state index is 0.322. The van der Waals surface area contributed by atoms with Crippen molar-refractivity contribution in [2.24, 2.45) is 5.92 Å². The van der Waals surface area contributed by atoms with Crippen LogP contribution in [-0.4, -0.2) is 47.9 Å². The van der Waals surface area contributed by atoms with Gasteiger partial charge in [0.05, 0.1) is 12.5 Å². The number of likely N-dealkylation sites (tertiary alicyclic amines) is 1. The maximum absolute atomic E-state index is 5.51. The molecular weight excluding hydrogens is 242 g/mol. The summed E-state index contributed by atoms with van der Waals surface area (Å²) < 4.78 is 10.9. The molecule has 5 nitrogen and oxygen atoms in total. The first-order valence-corrected chi connectivity index (χ1v) is 7.25. The van der Waals surface area contributed by atoms with Crippen LogP contribution in [-0.2, 0) is 4.74 Å². The van der Waals surface area contributed by atoms with E-state index in [9.17, 15) is 0 Å². The molecule has 0 N–H and O–H groups in total. The molecule has 2 aliphatic rings. The molecular formula is C14H23N3O2. The zero-order valence-corrected chi connectivity index (χ0v) is 12.0. The number of nitrogens with zero attached hydrogens (tertiary/aromatic N) is 3. The van der Waals surface area contributed by atoms with Crippen molar-refractivity contribution >= 4 is 0 Å². The van der Waals surface area contributed by atoms with E-state index in [1.54, 1.807) is 7.11 Å². The fourth-order valence-electron chi connectivity index (χ4n) is 2.89. The van der Waals surface area contributed by atoms with Crippen LogP contribution in [0.1, 0.15) is 50.2 Å². The van der Waals surface area contributed by atoms with Crippen LogP contribution in [0.4, 0.5) is 0 Å². The van der Waals surface area contributed by atoms with Gasteiger partial charge in [-0.1, -0.05) is 5.16 Å². The first-order valence-electron chi connectivity index (χ1n) is 7.25. The van der Waals surface area contributed by atoms with Gasteiger partial charge in [0.15, 0.2) is 5.82 Å². The van der Waals surface area contributed by atoms with Crippen LogP contribution in [0, 0.1) is 5.92 Å². The van der Waals surface area contributed by atoms with Crippen LogP contribution in [0.5, 0.6) is 0 Å². The van der Waals surface area contributed by atoms with E-state index in [2.05, 4.69) is 28.9 Å². The highest BCUT2D eigenvalue weighted by atomic mass is 16.5. The Balaban J connectivity index is 1.75. The summed E-state index contributed by atoms with van der Waals surface area (Å²) >= 11 is 0. The molecule has 2 atom stereocenters. The summed E-state index contributed by atoms with van der Waals surface area (Å²) in [6, 6.07) is 0.551. The average Bonchev–Trinajstić information content (AvgIpc) is 2.96. The van der Waals surface area contributed by atoms with E-state index < -0.39 is 0 Å². The van der Waals surface area contributed by atoms with Crippen LogP contribution < -0.4 is 0 Å². The van der Waals surface area contributed by atoms with Crippen LogP contribution in [0.2, 0.25) is 0 Å². The number of rotatable bonds is 5. The lowest BCUT2D eigenvalue weighted by molar-refractivity contribution is 0.140. The minimum atomic E-state index is 0.322. The quantitative estimate of drug-likeness (QED) is 0.815. The molecule has 1 aliphatic carbocycles. The van der Waals surface area contributed by atoms with Crippen molar-refractivity contribution < 1.29 is 9.26 Å². The Hall–Kier alpha value is -0.940. The summed E-state index contributed by atoms with van der Waals surface area (Å²) in [6.07, 6.45) is 2.42. The van der Waals surface area contributed by atoms with Gasteiger partial charge in [-0.15, -0.1) is 0 Å². The van der Waals surface area contributed by atoms with E-state index in [-0.39, 0.29) is 0 Å². The number of aromatic nitrogens is 2. The van der Waals surface area contributed by atoms with E-state index in [1.165, 1.54) is 12.8 Å². The van der Waals surface area contributed by atoms with E-state index >= 15 is 0 Å². The van der Waals surface area contributed by atoms with Crippen molar-refractivity contribution in [3.05, 3.63) is 11.7 Å². The zero-order valence-electron chi connectivity index (χ0n) is 12.0. The Kier molecular flexibility index (Phi) is 3.58. The highest BCUT2D eigenvalue weighted by molar-refractivity contribution is 5.08. The van der Waals surface area contributed by atoms with Crippen LogP contribution >= 0.6 is 0 Å². The van der Waals surface area contributed by atoms with Crippen LogP contribution in [0.3, 0.4) is 0 Å². The molecule has 0 radical (unpaired) electrons. The molecule has 0 amide bonds. The van der Waals surface area contributed by atoms with Crippen LogP contribution in [0.15, 0.2) is 4.52 Å². The second-order valence-corrected chi connectivity index (χ2v) is 6.13. The second-order valence-electron chi connectivity index (χ2n) is 6.13. The molecule has 2 unspecified atom stereocenters. The van der Waals surface area contributed by atoms with Gasteiger partial charge in [0.25, 0.3) is 0 Å². The number of ether oxygens (including phenoxy) is 1. The predicted molar refractivity (Wildman–Crippen MR) is 71.1 cm³/mol. The van der Waals surface area contributed by atoms with Crippen molar-refractivity contribution in [1.82, 2.24) is 15.0 Å². The molecule has 106 valence electrons. The van der Waals surface area contributed by atoms with Gasteiger partial charge >= 0.3 is 0 Å². The highest BCUT2D eigenvalue weighted by Crippen LogP contribution is 2.40. The lowest BCUT2D eigenvalue weighted by Gasteiger charge is -2.19. The third-order valence-electron chi connectivity index (χ3n) is 4.30. The minimum Gasteiger partial charge on any atom is -0.384 e. The lowest BCUT2D eigenvalue weighted by atomic mass is 9.97. The zero-order chi connectivity index (χ0) is 13.4. The Bertz CT molecular complexity index is 428. The summed E-state index contributed by atoms with van der Waals surface area (Å²) in [5.41, 5.74) is 0. The first kappa shape index (κ1) is 13.1. The summed E-state index contributed by atoms with van der Waals surface area (Å²) in [5, 5.41) is 4.14. The maximum atomic E-state index is 5.51. The predicted octanol–water partition coefficient (Wildman–Crippen LogP) is 2.02. The molecule has 1 saturated heterocycles. The molecule has 3 rings (SSSR count). The fourth-order valence-corrected chi connectivity index (χ4v) is 2.89. The summed E-state index contributed by atoms with van der Waals surface area (Å²) in [4.78, 5) is 7.09. The molecule has 1 aliphatic heterocycles.